The fourth-order valence-corrected chi connectivity index (χ4v) is 3.55. The Kier molecular flexibility index (Phi) is 5.67. The molecule has 4 rings (SSSR count). The molecule has 0 amide bonds. The van der Waals surface area contributed by atoms with E-state index in [2.05, 4.69) is 0 Å². The number of hydrogen-bond donors (Lipinski definition) is 7. The first-order valence-electron chi connectivity index (χ1n) is 9.50. The number of hydrogen-bond acceptors (Lipinski definition) is 11. The van der Waals surface area contributed by atoms with Crippen LogP contribution in [0.2, 0.25) is 0 Å². The molecule has 0 bridgehead atoms. The predicted molar refractivity (Wildman–Crippen MR) is 107 cm³/mol. The fourth-order valence-electron chi connectivity index (χ4n) is 3.55. The van der Waals surface area contributed by atoms with Crippen molar-refractivity contribution >= 4 is 11.0 Å². The minimum atomic E-state index is -1.72. The maximum Gasteiger partial charge on any atom is 0.336 e. The third kappa shape index (κ3) is 3.83. The number of fused-ring (bicyclic) bond motifs is 1. The van der Waals surface area contributed by atoms with Gasteiger partial charge >= 0.3 is 5.63 Å². The van der Waals surface area contributed by atoms with Crippen LogP contribution in [0.15, 0.2) is 45.6 Å². The Morgan fingerprint density at radius 2 is 1.66 bits per heavy atom. The Morgan fingerprint density at radius 3 is 2.34 bits per heavy atom. The molecular weight excluding hydrogens is 428 g/mol. The van der Waals surface area contributed by atoms with Gasteiger partial charge in [0.15, 0.2) is 11.5 Å². The zero-order valence-electron chi connectivity index (χ0n) is 16.3. The number of phenols is 3. The third-order valence-electron chi connectivity index (χ3n) is 5.17. The van der Waals surface area contributed by atoms with Crippen molar-refractivity contribution < 1.29 is 49.6 Å². The van der Waals surface area contributed by atoms with Crippen LogP contribution >= 0.6 is 0 Å². The van der Waals surface area contributed by atoms with Crippen molar-refractivity contribution in [1.82, 2.24) is 0 Å². The molecule has 7 N–H and O–H groups in total. The molecule has 1 saturated heterocycles. The van der Waals surface area contributed by atoms with Crippen LogP contribution in [0.1, 0.15) is 0 Å². The molecule has 0 spiro atoms. The summed E-state index contributed by atoms with van der Waals surface area (Å²) in [5, 5.41) is 69.3. The third-order valence-corrected chi connectivity index (χ3v) is 5.17. The van der Waals surface area contributed by atoms with E-state index >= 15 is 0 Å². The van der Waals surface area contributed by atoms with Crippen molar-refractivity contribution in [2.45, 2.75) is 30.7 Å². The lowest BCUT2D eigenvalue weighted by atomic mass is 9.99. The van der Waals surface area contributed by atoms with Crippen LogP contribution in [0.3, 0.4) is 0 Å². The second-order valence-electron chi connectivity index (χ2n) is 7.31. The number of rotatable bonds is 4. The summed E-state index contributed by atoms with van der Waals surface area (Å²) in [6.07, 6.45) is -7.80. The van der Waals surface area contributed by atoms with Gasteiger partial charge in [-0.2, -0.15) is 0 Å². The van der Waals surface area contributed by atoms with E-state index in [0.717, 1.165) is 18.2 Å². The highest BCUT2D eigenvalue weighted by Gasteiger charge is 2.45. The van der Waals surface area contributed by atoms with Gasteiger partial charge in [0.1, 0.15) is 41.5 Å². The normalized spacial score (nSPS) is 25.7. The molecule has 11 heteroatoms. The molecule has 11 nitrogen and oxygen atoms in total. The average Bonchev–Trinajstić information content (AvgIpc) is 2.75. The van der Waals surface area contributed by atoms with Crippen LogP contribution in [0, 0.1) is 0 Å². The molecule has 2 aromatic carbocycles. The second kappa shape index (κ2) is 8.30. The molecule has 1 unspecified atom stereocenters. The lowest BCUT2D eigenvalue weighted by molar-refractivity contribution is -0.277. The molecule has 1 aromatic heterocycles. The SMILES string of the molecule is O=c1cc(-c2ccc(O)c(O)c2)c2c(OC3O[C@H](CO)[C@@H](O)[C@H](O)[C@H]3O)cc(O)cc2o1. The van der Waals surface area contributed by atoms with E-state index in [0.29, 0.717) is 5.56 Å². The van der Waals surface area contributed by atoms with Crippen LogP contribution in [0.25, 0.3) is 22.1 Å². The number of benzene rings is 2. The van der Waals surface area contributed by atoms with Crippen LogP contribution in [0.4, 0.5) is 0 Å². The molecule has 0 radical (unpaired) electrons. The summed E-state index contributed by atoms with van der Waals surface area (Å²) < 4.78 is 16.2. The molecule has 1 fully saturated rings. The standard InChI is InChI=1S/C21H20O11/c22-7-15-18(27)19(28)20(29)21(32-15)31-14-5-9(23)4-13-17(14)10(6-16(26)30-13)8-1-2-11(24)12(25)3-8/h1-6,15,18-25,27-29H,7H2/t15-,18-,19+,20-,21?/m1/s1. The Hall–Kier alpha value is -3.35. The Labute approximate surface area is 179 Å². The first-order chi connectivity index (χ1) is 15.2. The van der Waals surface area contributed by atoms with Crippen LogP contribution in [0.5, 0.6) is 23.0 Å². The number of aliphatic hydroxyl groups excluding tert-OH is 4. The number of phenolic OH excluding ortho intramolecular Hbond substituents is 3. The molecule has 1 aliphatic heterocycles. The quantitative estimate of drug-likeness (QED) is 0.206. The predicted octanol–water partition coefficient (Wildman–Crippen LogP) is -0.245. The Balaban J connectivity index is 1.86. The van der Waals surface area contributed by atoms with Gasteiger partial charge in [-0.3, -0.25) is 0 Å². The molecule has 170 valence electrons. The van der Waals surface area contributed by atoms with E-state index in [-0.39, 0.29) is 33.8 Å². The van der Waals surface area contributed by atoms with Gasteiger partial charge in [0.25, 0.3) is 0 Å². The monoisotopic (exact) mass is 448 g/mol. The van der Waals surface area contributed by atoms with Gasteiger partial charge in [-0.05, 0) is 17.7 Å². The highest BCUT2D eigenvalue weighted by Crippen LogP contribution is 2.40. The summed E-state index contributed by atoms with van der Waals surface area (Å²) in [7, 11) is 0. The smallest absolute Gasteiger partial charge is 0.336 e. The van der Waals surface area contributed by atoms with Crippen molar-refractivity contribution in [3.63, 3.8) is 0 Å². The van der Waals surface area contributed by atoms with Crippen molar-refractivity contribution in [2.75, 3.05) is 6.61 Å². The van der Waals surface area contributed by atoms with Gasteiger partial charge < -0.3 is 49.6 Å². The Bertz CT molecular complexity index is 1200. The summed E-state index contributed by atoms with van der Waals surface area (Å²) >= 11 is 0. The van der Waals surface area contributed by atoms with Crippen LogP contribution < -0.4 is 10.4 Å². The van der Waals surface area contributed by atoms with Gasteiger partial charge in [0.2, 0.25) is 6.29 Å². The molecule has 0 aliphatic carbocycles. The summed E-state index contributed by atoms with van der Waals surface area (Å²) in [4.78, 5) is 12.1. The largest absolute Gasteiger partial charge is 0.508 e. The summed E-state index contributed by atoms with van der Waals surface area (Å²) in [6, 6.07) is 7.24. The maximum atomic E-state index is 12.1. The summed E-state index contributed by atoms with van der Waals surface area (Å²) in [6.45, 7) is -0.668. The minimum Gasteiger partial charge on any atom is -0.508 e. The van der Waals surface area contributed by atoms with Gasteiger partial charge in [-0.25, -0.2) is 4.79 Å². The van der Waals surface area contributed by atoms with E-state index in [1.54, 1.807) is 0 Å². The van der Waals surface area contributed by atoms with E-state index < -0.39 is 48.7 Å². The molecular formula is C21H20O11. The molecule has 32 heavy (non-hydrogen) atoms. The van der Waals surface area contributed by atoms with E-state index in [4.69, 9.17) is 13.9 Å². The van der Waals surface area contributed by atoms with Crippen molar-refractivity contribution in [3.05, 3.63) is 46.8 Å². The number of aromatic hydroxyl groups is 3. The maximum absolute atomic E-state index is 12.1. The minimum absolute atomic E-state index is 0.0975. The summed E-state index contributed by atoms with van der Waals surface area (Å²) in [5.41, 5.74) is -0.377. The molecule has 3 aromatic rings. The highest BCUT2D eigenvalue weighted by molar-refractivity contribution is 5.98. The van der Waals surface area contributed by atoms with Crippen molar-refractivity contribution in [3.8, 4) is 34.1 Å². The Morgan fingerprint density at radius 1 is 0.906 bits per heavy atom. The molecule has 1 aliphatic rings. The lowest BCUT2D eigenvalue weighted by Crippen LogP contribution is -2.60. The lowest BCUT2D eigenvalue weighted by Gasteiger charge is -2.39. The topological polar surface area (TPSA) is 190 Å². The van der Waals surface area contributed by atoms with Crippen molar-refractivity contribution in [1.29, 1.82) is 0 Å². The summed E-state index contributed by atoms with van der Waals surface area (Å²) in [5.74, 6) is -1.31. The van der Waals surface area contributed by atoms with Gasteiger partial charge in [0, 0.05) is 23.8 Å². The average molecular weight is 448 g/mol. The van der Waals surface area contributed by atoms with Crippen LogP contribution in [-0.2, 0) is 4.74 Å². The number of ether oxygens (including phenoxy) is 2. The van der Waals surface area contributed by atoms with Crippen molar-refractivity contribution in [2.24, 2.45) is 0 Å². The van der Waals surface area contributed by atoms with Crippen LogP contribution in [-0.4, -0.2) is 73.1 Å². The fraction of sp³-hybridized carbons (Fsp3) is 0.286. The van der Waals surface area contributed by atoms with E-state index in [9.17, 15) is 40.5 Å². The number of aliphatic hydroxyl groups is 4. The van der Waals surface area contributed by atoms with Gasteiger partial charge in [-0.1, -0.05) is 6.07 Å². The first kappa shape index (κ1) is 21.9. The van der Waals surface area contributed by atoms with E-state index in [1.165, 1.54) is 18.2 Å². The molecule has 5 atom stereocenters. The zero-order valence-corrected chi connectivity index (χ0v) is 16.3. The highest BCUT2D eigenvalue weighted by atomic mass is 16.7. The molecule has 0 saturated carbocycles. The molecule has 2 heterocycles. The zero-order chi connectivity index (χ0) is 23.2. The van der Waals surface area contributed by atoms with Gasteiger partial charge in [0.05, 0.1) is 12.0 Å². The van der Waals surface area contributed by atoms with E-state index in [1.807, 2.05) is 0 Å². The van der Waals surface area contributed by atoms with Gasteiger partial charge in [-0.15, -0.1) is 0 Å². The first-order valence-corrected chi connectivity index (χ1v) is 9.50. The second-order valence-corrected chi connectivity index (χ2v) is 7.31.